The van der Waals surface area contributed by atoms with Crippen molar-refractivity contribution < 1.29 is 19.8 Å². The number of rotatable bonds is 4. The van der Waals surface area contributed by atoms with Crippen molar-refractivity contribution in [2.24, 2.45) is 11.7 Å². The molecule has 0 spiro atoms. The molecule has 0 bridgehead atoms. The van der Waals surface area contributed by atoms with Gasteiger partial charge in [-0.25, -0.2) is 0 Å². The molecule has 0 aromatic rings. The van der Waals surface area contributed by atoms with Gasteiger partial charge in [0.2, 0.25) is 0 Å². The number of aliphatic carboxylic acids is 2. The average molecular weight is 161 g/mol. The van der Waals surface area contributed by atoms with Crippen LogP contribution in [0.1, 0.15) is 13.3 Å². The van der Waals surface area contributed by atoms with Gasteiger partial charge in [0.05, 0.1) is 12.3 Å². The van der Waals surface area contributed by atoms with Crippen LogP contribution in [0.2, 0.25) is 0 Å². The molecular formula is C6H11NO4. The van der Waals surface area contributed by atoms with E-state index < -0.39 is 30.3 Å². The summed E-state index contributed by atoms with van der Waals surface area (Å²) in [7, 11) is 0. The summed E-state index contributed by atoms with van der Waals surface area (Å²) < 4.78 is 0. The predicted octanol–water partition coefficient (Wildman–Crippen LogP) is -0.491. The Balaban J connectivity index is 4.12. The average Bonchev–Trinajstić information content (AvgIpc) is 1.81. The molecule has 0 rings (SSSR count). The molecule has 0 aromatic carbocycles. The van der Waals surface area contributed by atoms with Crippen LogP contribution in [0, 0.1) is 5.92 Å². The third-order valence-electron chi connectivity index (χ3n) is 1.35. The van der Waals surface area contributed by atoms with Gasteiger partial charge >= 0.3 is 11.9 Å². The lowest BCUT2D eigenvalue weighted by molar-refractivity contribution is -0.148. The molecule has 11 heavy (non-hydrogen) atoms. The Hall–Kier alpha value is -1.10. The summed E-state index contributed by atoms with van der Waals surface area (Å²) in [5, 5.41) is 16.7. The lowest BCUT2D eigenvalue weighted by Crippen LogP contribution is -2.34. The quantitative estimate of drug-likeness (QED) is 0.516. The summed E-state index contributed by atoms with van der Waals surface area (Å²) in [6.07, 6.45) is -0.424. The molecular weight excluding hydrogens is 150 g/mol. The van der Waals surface area contributed by atoms with Crippen LogP contribution in [-0.2, 0) is 9.59 Å². The van der Waals surface area contributed by atoms with Crippen molar-refractivity contribution in [3.05, 3.63) is 0 Å². The normalized spacial score (nSPS) is 15.5. The second-order valence-corrected chi connectivity index (χ2v) is 2.40. The Morgan fingerprint density at radius 2 is 1.91 bits per heavy atom. The second kappa shape index (κ2) is 3.92. The van der Waals surface area contributed by atoms with Gasteiger partial charge in [0.15, 0.2) is 0 Å². The molecule has 0 heterocycles. The van der Waals surface area contributed by atoms with Gasteiger partial charge in [-0.1, -0.05) is 0 Å². The monoisotopic (exact) mass is 161 g/mol. The van der Waals surface area contributed by atoms with Gasteiger partial charge in [-0.3, -0.25) is 9.59 Å². The van der Waals surface area contributed by atoms with Gasteiger partial charge in [0.25, 0.3) is 0 Å². The number of carbonyl (C=O) groups is 2. The Morgan fingerprint density at radius 1 is 1.45 bits per heavy atom. The minimum atomic E-state index is -1.16. The summed E-state index contributed by atoms with van der Waals surface area (Å²) in [6.45, 7) is 1.47. The van der Waals surface area contributed by atoms with Crippen molar-refractivity contribution in [2.75, 3.05) is 0 Å². The Bertz CT molecular complexity index is 166. The SMILES string of the molecule is CC(N)C(CC(=O)O)C(=O)O. The first-order chi connectivity index (χ1) is 4.95. The van der Waals surface area contributed by atoms with Crippen molar-refractivity contribution in [1.29, 1.82) is 0 Å². The fourth-order valence-corrected chi connectivity index (χ4v) is 0.686. The summed E-state index contributed by atoms with van der Waals surface area (Å²) >= 11 is 0. The first kappa shape index (κ1) is 9.90. The van der Waals surface area contributed by atoms with E-state index in [-0.39, 0.29) is 0 Å². The molecule has 4 N–H and O–H groups in total. The summed E-state index contributed by atoms with van der Waals surface area (Å²) in [5.41, 5.74) is 5.24. The Labute approximate surface area is 63.8 Å². The highest BCUT2D eigenvalue weighted by Gasteiger charge is 2.24. The molecule has 5 heteroatoms. The minimum Gasteiger partial charge on any atom is -0.481 e. The second-order valence-electron chi connectivity index (χ2n) is 2.40. The van der Waals surface area contributed by atoms with Gasteiger partial charge in [0, 0.05) is 6.04 Å². The summed E-state index contributed by atoms with van der Waals surface area (Å²) in [5.74, 6) is -3.30. The zero-order valence-corrected chi connectivity index (χ0v) is 6.15. The highest BCUT2D eigenvalue weighted by atomic mass is 16.4. The third kappa shape index (κ3) is 3.57. The fraction of sp³-hybridized carbons (Fsp3) is 0.667. The van der Waals surface area contributed by atoms with Crippen molar-refractivity contribution in [3.63, 3.8) is 0 Å². The van der Waals surface area contributed by atoms with E-state index in [1.54, 1.807) is 0 Å². The number of hydrogen-bond donors (Lipinski definition) is 3. The minimum absolute atomic E-state index is 0.424. The van der Waals surface area contributed by atoms with Gasteiger partial charge in [0.1, 0.15) is 0 Å². The van der Waals surface area contributed by atoms with Crippen LogP contribution in [0.4, 0.5) is 0 Å². The van der Waals surface area contributed by atoms with Crippen LogP contribution >= 0.6 is 0 Å². The van der Waals surface area contributed by atoms with E-state index in [1.165, 1.54) is 6.92 Å². The molecule has 0 fully saturated rings. The van der Waals surface area contributed by atoms with Crippen molar-refractivity contribution in [3.8, 4) is 0 Å². The van der Waals surface area contributed by atoms with Crippen molar-refractivity contribution in [2.45, 2.75) is 19.4 Å². The molecule has 64 valence electrons. The third-order valence-corrected chi connectivity index (χ3v) is 1.35. The van der Waals surface area contributed by atoms with Crippen molar-refractivity contribution in [1.82, 2.24) is 0 Å². The lowest BCUT2D eigenvalue weighted by atomic mass is 9.99. The molecule has 2 unspecified atom stereocenters. The number of carboxylic acids is 2. The lowest BCUT2D eigenvalue weighted by Gasteiger charge is -2.12. The molecule has 0 aliphatic rings. The van der Waals surface area contributed by atoms with Crippen LogP contribution in [0.15, 0.2) is 0 Å². The topological polar surface area (TPSA) is 101 Å². The smallest absolute Gasteiger partial charge is 0.308 e. The van der Waals surface area contributed by atoms with Gasteiger partial charge in [-0.15, -0.1) is 0 Å². The number of carboxylic acid groups (broad SMARTS) is 2. The van der Waals surface area contributed by atoms with E-state index in [2.05, 4.69) is 0 Å². The van der Waals surface area contributed by atoms with Crippen LogP contribution in [0.25, 0.3) is 0 Å². The highest BCUT2D eigenvalue weighted by Crippen LogP contribution is 2.06. The molecule has 0 aromatic heterocycles. The largest absolute Gasteiger partial charge is 0.481 e. The molecule has 0 aliphatic heterocycles. The Kier molecular flexibility index (Phi) is 3.53. The first-order valence-electron chi connectivity index (χ1n) is 3.15. The standard InChI is InChI=1S/C6H11NO4/c1-3(7)4(6(10)11)2-5(8)9/h3-4H,2,7H2,1H3,(H,8,9)(H,10,11). The zero-order chi connectivity index (χ0) is 9.02. The van der Waals surface area contributed by atoms with E-state index in [4.69, 9.17) is 15.9 Å². The molecule has 0 amide bonds. The van der Waals surface area contributed by atoms with Crippen molar-refractivity contribution >= 4 is 11.9 Å². The van der Waals surface area contributed by atoms with E-state index in [9.17, 15) is 9.59 Å². The maximum atomic E-state index is 10.3. The maximum absolute atomic E-state index is 10.3. The van der Waals surface area contributed by atoms with Crippen LogP contribution in [0.3, 0.4) is 0 Å². The van der Waals surface area contributed by atoms with Gasteiger partial charge in [-0.05, 0) is 6.92 Å². The molecule has 5 nitrogen and oxygen atoms in total. The predicted molar refractivity (Wildman–Crippen MR) is 37.0 cm³/mol. The zero-order valence-electron chi connectivity index (χ0n) is 6.15. The van der Waals surface area contributed by atoms with Crippen LogP contribution in [-0.4, -0.2) is 28.2 Å². The molecule has 0 aliphatic carbocycles. The Morgan fingerprint density at radius 3 is 2.00 bits per heavy atom. The van der Waals surface area contributed by atoms with E-state index in [1.807, 2.05) is 0 Å². The van der Waals surface area contributed by atoms with Crippen LogP contribution in [0.5, 0.6) is 0 Å². The molecule has 0 saturated heterocycles. The van der Waals surface area contributed by atoms with E-state index in [0.29, 0.717) is 0 Å². The van der Waals surface area contributed by atoms with E-state index >= 15 is 0 Å². The number of hydrogen-bond acceptors (Lipinski definition) is 3. The molecule has 0 radical (unpaired) electrons. The maximum Gasteiger partial charge on any atom is 0.308 e. The molecule has 2 atom stereocenters. The molecule has 0 saturated carbocycles. The van der Waals surface area contributed by atoms with Gasteiger partial charge in [-0.2, -0.15) is 0 Å². The van der Waals surface area contributed by atoms with E-state index in [0.717, 1.165) is 0 Å². The van der Waals surface area contributed by atoms with Crippen LogP contribution < -0.4 is 5.73 Å². The summed E-state index contributed by atoms with van der Waals surface area (Å²) in [6, 6.07) is -0.636. The first-order valence-corrected chi connectivity index (χ1v) is 3.15. The number of nitrogens with two attached hydrogens (primary N) is 1. The van der Waals surface area contributed by atoms with Gasteiger partial charge < -0.3 is 15.9 Å². The summed E-state index contributed by atoms with van der Waals surface area (Å²) in [4.78, 5) is 20.4. The highest BCUT2D eigenvalue weighted by molar-refractivity contribution is 5.78. The fourth-order valence-electron chi connectivity index (χ4n) is 0.686.